The largest absolute Gasteiger partial charge is 0.478 e. The molecule has 1 fully saturated rings. The fourth-order valence-corrected chi connectivity index (χ4v) is 2.95. The molecule has 6 heteroatoms. The second-order valence-corrected chi connectivity index (χ2v) is 6.69. The SMILES string of the molecule is CC1CCCN(C(=O)Nc2ccc(I)cc2C(=O)O)CC1. The van der Waals surface area contributed by atoms with Crippen molar-refractivity contribution in [1.82, 2.24) is 4.90 Å². The van der Waals surface area contributed by atoms with Crippen molar-refractivity contribution in [2.45, 2.75) is 26.2 Å². The van der Waals surface area contributed by atoms with Gasteiger partial charge in [0, 0.05) is 16.7 Å². The van der Waals surface area contributed by atoms with Crippen LogP contribution >= 0.6 is 22.6 Å². The zero-order chi connectivity index (χ0) is 15.4. The van der Waals surface area contributed by atoms with E-state index in [4.69, 9.17) is 0 Å². The maximum absolute atomic E-state index is 12.3. The van der Waals surface area contributed by atoms with Crippen LogP contribution in [0.5, 0.6) is 0 Å². The Balaban J connectivity index is 2.10. The molecule has 2 rings (SSSR count). The van der Waals surface area contributed by atoms with Gasteiger partial charge < -0.3 is 15.3 Å². The highest BCUT2D eigenvalue weighted by Crippen LogP contribution is 2.21. The molecule has 0 saturated carbocycles. The number of benzene rings is 1. The van der Waals surface area contributed by atoms with Gasteiger partial charge in [-0.15, -0.1) is 0 Å². The van der Waals surface area contributed by atoms with E-state index in [1.807, 2.05) is 0 Å². The highest BCUT2D eigenvalue weighted by atomic mass is 127. The Labute approximate surface area is 137 Å². The van der Waals surface area contributed by atoms with Crippen LogP contribution in [0, 0.1) is 9.49 Å². The quantitative estimate of drug-likeness (QED) is 0.743. The molecule has 0 bridgehead atoms. The number of nitrogens with one attached hydrogen (secondary N) is 1. The van der Waals surface area contributed by atoms with Crippen LogP contribution in [-0.4, -0.2) is 35.1 Å². The van der Waals surface area contributed by atoms with Crippen molar-refractivity contribution in [3.05, 3.63) is 27.3 Å². The summed E-state index contributed by atoms with van der Waals surface area (Å²) in [5.74, 6) is -0.399. The number of carbonyl (C=O) groups excluding carboxylic acids is 1. The van der Waals surface area contributed by atoms with E-state index in [2.05, 4.69) is 34.8 Å². The maximum Gasteiger partial charge on any atom is 0.337 e. The Kier molecular flexibility index (Phi) is 5.44. The van der Waals surface area contributed by atoms with Gasteiger partial charge in [-0.2, -0.15) is 0 Å². The van der Waals surface area contributed by atoms with Gasteiger partial charge in [0.25, 0.3) is 0 Å². The predicted octanol–water partition coefficient (Wildman–Crippen LogP) is 3.64. The van der Waals surface area contributed by atoms with Gasteiger partial charge in [-0.1, -0.05) is 6.92 Å². The number of carboxylic acids is 1. The topological polar surface area (TPSA) is 69.6 Å². The molecule has 1 aromatic carbocycles. The Bertz CT molecular complexity index is 548. The third-order valence-corrected chi connectivity index (χ3v) is 4.43. The second kappa shape index (κ2) is 7.11. The first kappa shape index (κ1) is 16.1. The number of likely N-dealkylation sites (tertiary alicyclic amines) is 1. The van der Waals surface area contributed by atoms with Crippen molar-refractivity contribution < 1.29 is 14.7 Å². The number of anilines is 1. The van der Waals surface area contributed by atoms with Crippen LogP contribution in [0.3, 0.4) is 0 Å². The van der Waals surface area contributed by atoms with E-state index in [0.29, 0.717) is 11.6 Å². The fourth-order valence-electron chi connectivity index (χ4n) is 2.46. The lowest BCUT2D eigenvalue weighted by Gasteiger charge is -2.21. The molecule has 21 heavy (non-hydrogen) atoms. The summed E-state index contributed by atoms with van der Waals surface area (Å²) in [7, 11) is 0. The molecule has 2 amide bonds. The first-order valence-corrected chi connectivity index (χ1v) is 8.14. The lowest BCUT2D eigenvalue weighted by molar-refractivity contribution is 0.0698. The molecule has 0 radical (unpaired) electrons. The van der Waals surface area contributed by atoms with Crippen LogP contribution in [0.1, 0.15) is 36.5 Å². The molecule has 1 unspecified atom stereocenters. The smallest absolute Gasteiger partial charge is 0.337 e. The summed E-state index contributed by atoms with van der Waals surface area (Å²) in [6, 6.07) is 4.77. The number of carbonyl (C=O) groups is 2. The van der Waals surface area contributed by atoms with Crippen molar-refractivity contribution in [3.63, 3.8) is 0 Å². The molecule has 1 aliphatic heterocycles. The van der Waals surface area contributed by atoms with Crippen LogP contribution in [0.25, 0.3) is 0 Å². The first-order valence-electron chi connectivity index (χ1n) is 7.06. The molecule has 1 heterocycles. The molecule has 1 saturated heterocycles. The summed E-state index contributed by atoms with van der Waals surface area (Å²) < 4.78 is 0.826. The number of hydrogen-bond donors (Lipinski definition) is 2. The summed E-state index contributed by atoms with van der Waals surface area (Å²) in [4.78, 5) is 25.3. The Morgan fingerprint density at radius 1 is 1.33 bits per heavy atom. The summed E-state index contributed by atoms with van der Waals surface area (Å²) in [5.41, 5.74) is 0.476. The minimum absolute atomic E-state index is 0.124. The number of amides is 2. The molecule has 1 aromatic rings. The van der Waals surface area contributed by atoms with Crippen LogP contribution in [0.4, 0.5) is 10.5 Å². The number of nitrogens with zero attached hydrogens (tertiary/aromatic N) is 1. The number of carboxylic acid groups (broad SMARTS) is 1. The summed E-state index contributed by atoms with van der Waals surface area (Å²) in [5, 5.41) is 12.0. The van der Waals surface area contributed by atoms with Crippen molar-refractivity contribution in [3.8, 4) is 0 Å². The highest BCUT2D eigenvalue weighted by Gasteiger charge is 2.20. The van der Waals surface area contributed by atoms with Gasteiger partial charge in [0.1, 0.15) is 0 Å². The number of halogens is 1. The number of hydrogen-bond acceptors (Lipinski definition) is 2. The van der Waals surface area contributed by atoms with Gasteiger partial charge in [0.05, 0.1) is 11.3 Å². The number of urea groups is 1. The van der Waals surface area contributed by atoms with E-state index in [-0.39, 0.29) is 11.6 Å². The molecular weight excluding hydrogens is 383 g/mol. The van der Waals surface area contributed by atoms with Crippen LogP contribution in [0.15, 0.2) is 18.2 Å². The van der Waals surface area contributed by atoms with Gasteiger partial charge in [-0.05, 0) is 66.0 Å². The molecular formula is C15H19IN2O3. The molecule has 1 atom stereocenters. The highest BCUT2D eigenvalue weighted by molar-refractivity contribution is 14.1. The molecule has 0 aromatic heterocycles. The Hall–Kier alpha value is -1.31. The fraction of sp³-hybridized carbons (Fsp3) is 0.467. The van der Waals surface area contributed by atoms with Crippen LogP contribution < -0.4 is 5.32 Å². The second-order valence-electron chi connectivity index (χ2n) is 5.45. The van der Waals surface area contributed by atoms with Crippen molar-refractivity contribution >= 4 is 40.3 Å². The van der Waals surface area contributed by atoms with E-state index in [9.17, 15) is 14.7 Å². The van der Waals surface area contributed by atoms with E-state index in [0.717, 1.165) is 35.9 Å². The summed E-state index contributed by atoms with van der Waals surface area (Å²) in [6.45, 7) is 3.64. The van der Waals surface area contributed by atoms with E-state index in [1.54, 1.807) is 23.1 Å². The zero-order valence-corrected chi connectivity index (χ0v) is 14.1. The van der Waals surface area contributed by atoms with Gasteiger partial charge >= 0.3 is 12.0 Å². The Morgan fingerprint density at radius 3 is 2.81 bits per heavy atom. The third kappa shape index (κ3) is 4.33. The first-order chi connectivity index (χ1) is 9.97. The van der Waals surface area contributed by atoms with Crippen molar-refractivity contribution in [2.75, 3.05) is 18.4 Å². The zero-order valence-electron chi connectivity index (χ0n) is 11.9. The average Bonchev–Trinajstić information content (AvgIpc) is 2.65. The minimum Gasteiger partial charge on any atom is -0.478 e. The average molecular weight is 402 g/mol. The van der Waals surface area contributed by atoms with Crippen LogP contribution in [0.2, 0.25) is 0 Å². The van der Waals surface area contributed by atoms with Gasteiger partial charge in [-0.25, -0.2) is 9.59 Å². The van der Waals surface area contributed by atoms with E-state index < -0.39 is 5.97 Å². The normalized spacial score (nSPS) is 19.0. The summed E-state index contributed by atoms with van der Waals surface area (Å²) in [6.07, 6.45) is 3.12. The molecule has 1 aliphatic rings. The molecule has 2 N–H and O–H groups in total. The standard InChI is InChI=1S/C15H19IN2O3/c1-10-3-2-7-18(8-6-10)15(21)17-13-5-4-11(16)9-12(13)14(19)20/h4-5,9-10H,2-3,6-8H2,1H3,(H,17,21)(H,19,20). The van der Waals surface area contributed by atoms with Gasteiger partial charge in [-0.3, -0.25) is 0 Å². The third-order valence-electron chi connectivity index (χ3n) is 3.76. The van der Waals surface area contributed by atoms with E-state index >= 15 is 0 Å². The minimum atomic E-state index is -1.03. The lowest BCUT2D eigenvalue weighted by atomic mass is 10.0. The molecule has 0 spiro atoms. The lowest BCUT2D eigenvalue weighted by Crippen LogP contribution is -2.36. The van der Waals surface area contributed by atoms with Gasteiger partial charge in [0.15, 0.2) is 0 Å². The monoisotopic (exact) mass is 402 g/mol. The molecule has 0 aliphatic carbocycles. The van der Waals surface area contributed by atoms with E-state index in [1.165, 1.54) is 0 Å². The predicted molar refractivity (Wildman–Crippen MR) is 89.7 cm³/mol. The molecule has 114 valence electrons. The van der Waals surface area contributed by atoms with Crippen molar-refractivity contribution in [2.24, 2.45) is 5.92 Å². The van der Waals surface area contributed by atoms with Gasteiger partial charge in [0.2, 0.25) is 0 Å². The number of aromatic carboxylic acids is 1. The Morgan fingerprint density at radius 2 is 2.10 bits per heavy atom. The van der Waals surface area contributed by atoms with Crippen molar-refractivity contribution in [1.29, 1.82) is 0 Å². The summed E-state index contributed by atoms with van der Waals surface area (Å²) >= 11 is 2.05. The molecule has 5 nitrogen and oxygen atoms in total. The maximum atomic E-state index is 12.3. The van der Waals surface area contributed by atoms with Crippen LogP contribution in [-0.2, 0) is 0 Å². The number of rotatable bonds is 2.